The van der Waals surface area contributed by atoms with Crippen molar-refractivity contribution in [2.24, 2.45) is 10.1 Å². The Morgan fingerprint density at radius 2 is 2.10 bits per heavy atom. The van der Waals surface area contributed by atoms with E-state index in [0.29, 0.717) is 0 Å². The molecule has 0 spiro atoms. The first-order chi connectivity index (χ1) is 4.48. The number of sulfonamides is 1. The van der Waals surface area contributed by atoms with Crippen molar-refractivity contribution in [2.75, 3.05) is 7.05 Å². The molecule has 4 nitrogen and oxygen atoms in total. The molecule has 10 heavy (non-hydrogen) atoms. The molecule has 0 unspecified atom stereocenters. The van der Waals surface area contributed by atoms with Gasteiger partial charge in [-0.05, 0) is 13.0 Å². The molecule has 0 rings (SSSR count). The maximum absolute atomic E-state index is 10.5. The van der Waals surface area contributed by atoms with Crippen LogP contribution in [0.15, 0.2) is 16.0 Å². The van der Waals surface area contributed by atoms with Gasteiger partial charge in [-0.1, -0.05) is 0 Å². The lowest BCUT2D eigenvalue weighted by Gasteiger charge is -1.91. The van der Waals surface area contributed by atoms with E-state index in [1.807, 2.05) is 0 Å². The SMILES string of the molecule is CN=C/C=C(\C)S(N)(=O)=O. The van der Waals surface area contributed by atoms with Gasteiger partial charge in [-0.3, -0.25) is 4.99 Å². The number of aliphatic imine (C=N–C) groups is 1. The fourth-order valence-corrected chi connectivity index (χ4v) is 0.525. The number of allylic oxidation sites excluding steroid dienone is 2. The highest BCUT2D eigenvalue weighted by Crippen LogP contribution is 1.96. The van der Waals surface area contributed by atoms with E-state index in [4.69, 9.17) is 5.14 Å². The third-order valence-corrected chi connectivity index (χ3v) is 1.94. The van der Waals surface area contributed by atoms with Crippen molar-refractivity contribution in [3.05, 3.63) is 11.0 Å². The predicted octanol–water partition coefficient (Wildman–Crippen LogP) is -0.121. The van der Waals surface area contributed by atoms with Crippen LogP contribution in [-0.4, -0.2) is 21.7 Å². The number of nitrogens with two attached hydrogens (primary N) is 1. The van der Waals surface area contributed by atoms with Crippen molar-refractivity contribution in [1.29, 1.82) is 0 Å². The first-order valence-corrected chi connectivity index (χ1v) is 4.15. The van der Waals surface area contributed by atoms with Crippen molar-refractivity contribution in [3.63, 3.8) is 0 Å². The van der Waals surface area contributed by atoms with Gasteiger partial charge in [0.05, 0.1) is 4.91 Å². The second-order valence-corrected chi connectivity index (χ2v) is 3.46. The van der Waals surface area contributed by atoms with Gasteiger partial charge < -0.3 is 0 Å². The molecule has 0 atom stereocenters. The zero-order chi connectivity index (χ0) is 8.20. The first-order valence-electron chi connectivity index (χ1n) is 2.60. The molecule has 0 radical (unpaired) electrons. The summed E-state index contributed by atoms with van der Waals surface area (Å²) in [5.41, 5.74) is 0. The Bertz CT molecular complexity index is 251. The Balaban J connectivity index is 4.52. The lowest BCUT2D eigenvalue weighted by atomic mass is 10.5. The minimum atomic E-state index is -3.51. The maximum atomic E-state index is 10.5. The highest BCUT2D eigenvalue weighted by Gasteiger charge is 2.02. The van der Waals surface area contributed by atoms with Crippen LogP contribution in [0.3, 0.4) is 0 Å². The van der Waals surface area contributed by atoms with Gasteiger partial charge in [-0.15, -0.1) is 0 Å². The average molecular weight is 162 g/mol. The second kappa shape index (κ2) is 3.48. The smallest absolute Gasteiger partial charge is 0.233 e. The van der Waals surface area contributed by atoms with E-state index in [2.05, 4.69) is 4.99 Å². The largest absolute Gasteiger partial charge is 0.296 e. The lowest BCUT2D eigenvalue weighted by molar-refractivity contribution is 0.603. The Morgan fingerprint density at radius 1 is 1.60 bits per heavy atom. The van der Waals surface area contributed by atoms with Crippen molar-refractivity contribution in [2.45, 2.75) is 6.92 Å². The highest BCUT2D eigenvalue weighted by atomic mass is 32.2. The van der Waals surface area contributed by atoms with Gasteiger partial charge in [-0.25, -0.2) is 13.6 Å². The topological polar surface area (TPSA) is 72.5 Å². The zero-order valence-electron chi connectivity index (χ0n) is 5.90. The number of nitrogens with zero attached hydrogens (tertiary/aromatic N) is 1. The number of rotatable bonds is 2. The van der Waals surface area contributed by atoms with Crippen LogP contribution in [0.5, 0.6) is 0 Å². The number of primary sulfonamides is 1. The van der Waals surface area contributed by atoms with Crippen LogP contribution in [0.4, 0.5) is 0 Å². The molecule has 0 saturated heterocycles. The molecule has 0 aliphatic carbocycles. The summed E-state index contributed by atoms with van der Waals surface area (Å²) in [6, 6.07) is 0. The van der Waals surface area contributed by atoms with Crippen molar-refractivity contribution in [1.82, 2.24) is 0 Å². The van der Waals surface area contributed by atoms with Crippen LogP contribution in [-0.2, 0) is 10.0 Å². The molecule has 0 amide bonds. The maximum Gasteiger partial charge on any atom is 0.233 e. The van der Waals surface area contributed by atoms with Crippen LogP contribution in [0.1, 0.15) is 6.92 Å². The van der Waals surface area contributed by atoms with Gasteiger partial charge in [0.25, 0.3) is 0 Å². The fraction of sp³-hybridized carbons (Fsp3) is 0.400. The molecule has 0 aromatic carbocycles. The van der Waals surface area contributed by atoms with E-state index in [0.717, 1.165) is 0 Å². The summed E-state index contributed by atoms with van der Waals surface area (Å²) in [6.07, 6.45) is 2.72. The molecule has 2 N–H and O–H groups in total. The Hall–Kier alpha value is -0.680. The molecular weight excluding hydrogens is 152 g/mol. The van der Waals surface area contributed by atoms with E-state index in [1.165, 1.54) is 19.2 Å². The average Bonchev–Trinajstić information content (AvgIpc) is 1.80. The van der Waals surface area contributed by atoms with Crippen LogP contribution in [0, 0.1) is 0 Å². The minimum Gasteiger partial charge on any atom is -0.296 e. The second-order valence-electron chi connectivity index (χ2n) is 1.73. The quantitative estimate of drug-likeness (QED) is 0.575. The van der Waals surface area contributed by atoms with E-state index in [1.54, 1.807) is 7.05 Å². The molecule has 5 heteroatoms. The van der Waals surface area contributed by atoms with Crippen molar-refractivity contribution in [3.8, 4) is 0 Å². The normalized spacial score (nSPS) is 14.5. The van der Waals surface area contributed by atoms with Gasteiger partial charge in [-0.2, -0.15) is 0 Å². The third kappa shape index (κ3) is 3.37. The van der Waals surface area contributed by atoms with Crippen molar-refractivity contribution >= 4 is 16.2 Å². The third-order valence-electron chi connectivity index (χ3n) is 0.907. The summed E-state index contributed by atoms with van der Waals surface area (Å²) >= 11 is 0. The van der Waals surface area contributed by atoms with E-state index in [-0.39, 0.29) is 4.91 Å². The van der Waals surface area contributed by atoms with Gasteiger partial charge in [0.1, 0.15) is 0 Å². The van der Waals surface area contributed by atoms with E-state index < -0.39 is 10.0 Å². The zero-order valence-corrected chi connectivity index (χ0v) is 6.72. The molecule has 0 bridgehead atoms. The standard InChI is InChI=1S/C5H10N2O2S/c1-5(3-4-7-2)10(6,8)9/h3-4H,1-2H3,(H2,6,8,9)/b5-3+,7-4?. The molecule has 0 aromatic rings. The molecule has 0 aliphatic rings. The van der Waals surface area contributed by atoms with E-state index in [9.17, 15) is 8.42 Å². The van der Waals surface area contributed by atoms with Crippen LogP contribution >= 0.6 is 0 Å². The highest BCUT2D eigenvalue weighted by molar-refractivity contribution is 7.93. The van der Waals surface area contributed by atoms with Crippen LogP contribution < -0.4 is 5.14 Å². The summed E-state index contributed by atoms with van der Waals surface area (Å²) < 4.78 is 21.0. The number of hydrogen-bond acceptors (Lipinski definition) is 3. The predicted molar refractivity (Wildman–Crippen MR) is 41.3 cm³/mol. The number of hydrogen-bond donors (Lipinski definition) is 1. The molecule has 0 aliphatic heterocycles. The molecule has 0 saturated carbocycles. The van der Waals surface area contributed by atoms with Gasteiger partial charge in [0.2, 0.25) is 10.0 Å². The van der Waals surface area contributed by atoms with Crippen LogP contribution in [0.2, 0.25) is 0 Å². The Labute approximate surface area is 60.5 Å². The Kier molecular flexibility index (Phi) is 3.24. The summed E-state index contributed by atoms with van der Waals surface area (Å²) in [7, 11) is -1.96. The first kappa shape index (κ1) is 9.32. The van der Waals surface area contributed by atoms with Gasteiger partial charge in [0, 0.05) is 13.3 Å². The molecule has 0 heterocycles. The fourth-order valence-electron chi connectivity index (χ4n) is 0.274. The molecule has 58 valence electrons. The van der Waals surface area contributed by atoms with Gasteiger partial charge in [0.15, 0.2) is 0 Å². The van der Waals surface area contributed by atoms with Gasteiger partial charge >= 0.3 is 0 Å². The van der Waals surface area contributed by atoms with Crippen LogP contribution in [0.25, 0.3) is 0 Å². The van der Waals surface area contributed by atoms with Crippen molar-refractivity contribution < 1.29 is 8.42 Å². The summed E-state index contributed by atoms with van der Waals surface area (Å²) in [6.45, 7) is 1.41. The molecule has 0 aromatic heterocycles. The molecular formula is C5H10N2O2S. The monoisotopic (exact) mass is 162 g/mol. The summed E-state index contributed by atoms with van der Waals surface area (Å²) in [5.74, 6) is 0. The molecule has 0 fully saturated rings. The minimum absolute atomic E-state index is 0.109. The summed E-state index contributed by atoms with van der Waals surface area (Å²) in [4.78, 5) is 3.68. The summed E-state index contributed by atoms with van der Waals surface area (Å²) in [5, 5.41) is 4.76. The Morgan fingerprint density at radius 3 is 2.40 bits per heavy atom. The van der Waals surface area contributed by atoms with E-state index >= 15 is 0 Å². The lowest BCUT2D eigenvalue weighted by Crippen LogP contribution is -2.12.